The Morgan fingerprint density at radius 3 is 2.41 bits per heavy atom. The minimum absolute atomic E-state index is 0.160. The van der Waals surface area contributed by atoms with Gasteiger partial charge in [-0.2, -0.15) is 13.2 Å². The molecule has 1 rings (SSSR count). The van der Waals surface area contributed by atoms with Gasteiger partial charge in [0.25, 0.3) is 0 Å². The second-order valence-electron chi connectivity index (χ2n) is 3.36. The first-order valence-electron chi connectivity index (χ1n) is 4.51. The van der Waals surface area contributed by atoms with Crippen LogP contribution in [0.25, 0.3) is 0 Å². The number of aliphatic carboxylic acids is 1. The second-order valence-corrected chi connectivity index (χ2v) is 3.36. The van der Waals surface area contributed by atoms with Crippen molar-refractivity contribution in [1.82, 2.24) is 0 Å². The van der Waals surface area contributed by atoms with Crippen molar-refractivity contribution in [3.8, 4) is 0 Å². The van der Waals surface area contributed by atoms with Crippen LogP contribution in [0, 0.1) is 0 Å². The molecule has 0 aliphatic rings. The average Bonchev–Trinajstić information content (AvgIpc) is 2.26. The lowest BCUT2D eigenvalue weighted by Crippen LogP contribution is -2.11. The summed E-state index contributed by atoms with van der Waals surface area (Å²) in [6, 6.07) is 3.82. The predicted molar refractivity (Wildman–Crippen MR) is 53.2 cm³/mol. The molecule has 0 aliphatic carbocycles. The Morgan fingerprint density at radius 2 is 1.94 bits per heavy atom. The van der Waals surface area contributed by atoms with Crippen LogP contribution in [0.1, 0.15) is 17.2 Å². The van der Waals surface area contributed by atoms with Crippen molar-refractivity contribution in [3.63, 3.8) is 0 Å². The van der Waals surface area contributed by atoms with Crippen molar-refractivity contribution in [2.75, 3.05) is 0 Å². The first-order valence-corrected chi connectivity index (χ1v) is 4.51. The molecule has 17 heavy (non-hydrogen) atoms. The Hall–Kier alpha value is -1.82. The number of aliphatic hydroxyl groups excluding tert-OH is 1. The number of benzene rings is 1. The first-order chi connectivity index (χ1) is 7.73. The molecule has 0 aromatic heterocycles. The van der Waals surface area contributed by atoms with Crippen LogP contribution in [0.2, 0.25) is 0 Å². The van der Waals surface area contributed by atoms with E-state index in [4.69, 9.17) is 5.11 Å². The normalized spacial score (nSPS) is 13.2. The highest BCUT2D eigenvalue weighted by molar-refractivity contribution is 5.87. The molecule has 92 valence electrons. The minimum Gasteiger partial charge on any atom is -0.478 e. The topological polar surface area (TPSA) is 57.5 Å². The van der Waals surface area contributed by atoms with E-state index >= 15 is 0 Å². The molecule has 0 bridgehead atoms. The standard InChI is InChI=1S/C11H9F3O3/c1-6(10(16)17)9(15)7-3-2-4-8(5-7)11(12,13)14/h2-5,9,15H,1H2,(H,16,17). The zero-order valence-electron chi connectivity index (χ0n) is 8.53. The van der Waals surface area contributed by atoms with Gasteiger partial charge < -0.3 is 10.2 Å². The number of carboxylic acids is 1. The molecule has 3 nitrogen and oxygen atoms in total. The number of carbonyl (C=O) groups is 1. The Morgan fingerprint density at radius 1 is 1.35 bits per heavy atom. The van der Waals surface area contributed by atoms with Crippen molar-refractivity contribution < 1.29 is 28.2 Å². The van der Waals surface area contributed by atoms with E-state index in [2.05, 4.69) is 6.58 Å². The van der Waals surface area contributed by atoms with E-state index in [0.717, 1.165) is 12.1 Å². The van der Waals surface area contributed by atoms with Crippen LogP contribution in [0.4, 0.5) is 13.2 Å². The maximum absolute atomic E-state index is 12.4. The summed E-state index contributed by atoms with van der Waals surface area (Å²) in [5.41, 5.74) is -1.69. The molecule has 6 heteroatoms. The van der Waals surface area contributed by atoms with Crippen molar-refractivity contribution in [2.45, 2.75) is 12.3 Å². The maximum atomic E-state index is 12.4. The van der Waals surface area contributed by atoms with Gasteiger partial charge in [-0.1, -0.05) is 18.7 Å². The molecule has 1 atom stereocenters. The summed E-state index contributed by atoms with van der Waals surface area (Å²) in [6.07, 6.45) is -6.20. The fourth-order valence-corrected chi connectivity index (χ4v) is 1.20. The molecule has 0 amide bonds. The zero-order chi connectivity index (χ0) is 13.2. The quantitative estimate of drug-likeness (QED) is 0.805. The molecule has 0 radical (unpaired) electrons. The second kappa shape index (κ2) is 4.58. The lowest BCUT2D eigenvalue weighted by atomic mass is 10.0. The highest BCUT2D eigenvalue weighted by Gasteiger charge is 2.31. The average molecular weight is 246 g/mol. The van der Waals surface area contributed by atoms with Crippen LogP contribution in [0.5, 0.6) is 0 Å². The Labute approximate surface area is 94.8 Å². The molecule has 2 N–H and O–H groups in total. The summed E-state index contributed by atoms with van der Waals surface area (Å²) < 4.78 is 37.1. The first kappa shape index (κ1) is 13.2. The van der Waals surface area contributed by atoms with Gasteiger partial charge in [-0.05, 0) is 17.7 Å². The third-order valence-electron chi connectivity index (χ3n) is 2.13. The summed E-state index contributed by atoms with van der Waals surface area (Å²) in [4.78, 5) is 10.5. The summed E-state index contributed by atoms with van der Waals surface area (Å²) in [5, 5.41) is 18.1. The molecule has 1 aromatic carbocycles. The van der Waals surface area contributed by atoms with E-state index in [9.17, 15) is 23.1 Å². The van der Waals surface area contributed by atoms with E-state index in [-0.39, 0.29) is 5.56 Å². The van der Waals surface area contributed by atoms with Gasteiger partial charge in [-0.25, -0.2) is 4.79 Å². The van der Waals surface area contributed by atoms with Gasteiger partial charge in [0.1, 0.15) is 6.10 Å². The van der Waals surface area contributed by atoms with Gasteiger partial charge >= 0.3 is 12.1 Å². The summed E-state index contributed by atoms with van der Waals surface area (Å²) in [7, 11) is 0. The monoisotopic (exact) mass is 246 g/mol. The molecular formula is C11H9F3O3. The molecule has 0 spiro atoms. The fourth-order valence-electron chi connectivity index (χ4n) is 1.20. The summed E-state index contributed by atoms with van der Waals surface area (Å²) in [6.45, 7) is 3.09. The fraction of sp³-hybridized carbons (Fsp3) is 0.182. The molecule has 0 saturated heterocycles. The van der Waals surface area contributed by atoms with Crippen LogP contribution in [-0.4, -0.2) is 16.2 Å². The van der Waals surface area contributed by atoms with Crippen LogP contribution in [0.15, 0.2) is 36.4 Å². The molecule has 0 aliphatic heterocycles. The molecule has 0 heterocycles. The molecule has 1 aromatic rings. The SMILES string of the molecule is C=C(C(=O)O)C(O)c1cccc(C(F)(F)F)c1. The van der Waals surface area contributed by atoms with Crippen LogP contribution in [-0.2, 0) is 11.0 Å². The maximum Gasteiger partial charge on any atom is 0.416 e. The highest BCUT2D eigenvalue weighted by atomic mass is 19.4. The number of hydrogen-bond acceptors (Lipinski definition) is 2. The van der Waals surface area contributed by atoms with E-state index in [1.165, 1.54) is 6.07 Å². The summed E-state index contributed by atoms with van der Waals surface area (Å²) >= 11 is 0. The Kier molecular flexibility index (Phi) is 3.57. The van der Waals surface area contributed by atoms with Crippen molar-refractivity contribution in [2.24, 2.45) is 0 Å². The molecule has 0 saturated carbocycles. The molecule has 1 unspecified atom stereocenters. The van der Waals surface area contributed by atoms with Gasteiger partial charge in [-0.15, -0.1) is 0 Å². The number of halogens is 3. The van der Waals surface area contributed by atoms with Gasteiger partial charge in [0.05, 0.1) is 11.1 Å². The lowest BCUT2D eigenvalue weighted by Gasteiger charge is -2.13. The van der Waals surface area contributed by atoms with E-state index in [1.807, 2.05) is 0 Å². The van der Waals surface area contributed by atoms with E-state index in [1.54, 1.807) is 0 Å². The Balaban J connectivity index is 3.08. The van der Waals surface area contributed by atoms with Crippen LogP contribution >= 0.6 is 0 Å². The summed E-state index contributed by atoms with van der Waals surface area (Å²) in [5.74, 6) is -1.46. The number of aliphatic hydroxyl groups is 1. The Bertz CT molecular complexity index is 452. The number of alkyl halides is 3. The van der Waals surface area contributed by atoms with Crippen molar-refractivity contribution >= 4 is 5.97 Å². The van der Waals surface area contributed by atoms with Gasteiger partial charge in [0.2, 0.25) is 0 Å². The lowest BCUT2D eigenvalue weighted by molar-refractivity contribution is -0.137. The van der Waals surface area contributed by atoms with Crippen LogP contribution < -0.4 is 0 Å². The number of carboxylic acid groups (broad SMARTS) is 1. The van der Waals surface area contributed by atoms with Gasteiger partial charge in [0.15, 0.2) is 0 Å². The minimum atomic E-state index is -4.54. The van der Waals surface area contributed by atoms with Gasteiger partial charge in [0, 0.05) is 0 Å². The molecule has 0 fully saturated rings. The third-order valence-corrected chi connectivity index (χ3v) is 2.13. The number of rotatable bonds is 3. The third kappa shape index (κ3) is 3.07. The zero-order valence-corrected chi connectivity index (χ0v) is 8.53. The van der Waals surface area contributed by atoms with Gasteiger partial charge in [-0.3, -0.25) is 0 Å². The van der Waals surface area contributed by atoms with Crippen molar-refractivity contribution in [3.05, 3.63) is 47.5 Å². The largest absolute Gasteiger partial charge is 0.478 e. The predicted octanol–water partition coefficient (Wildman–Crippen LogP) is 2.38. The van der Waals surface area contributed by atoms with E-state index < -0.39 is 29.4 Å². The molecular weight excluding hydrogens is 237 g/mol. The highest BCUT2D eigenvalue weighted by Crippen LogP contribution is 2.31. The van der Waals surface area contributed by atoms with E-state index in [0.29, 0.717) is 6.07 Å². The number of hydrogen-bond donors (Lipinski definition) is 2. The van der Waals surface area contributed by atoms with Crippen LogP contribution in [0.3, 0.4) is 0 Å². The van der Waals surface area contributed by atoms with Crippen molar-refractivity contribution in [1.29, 1.82) is 0 Å². The smallest absolute Gasteiger partial charge is 0.416 e.